The van der Waals surface area contributed by atoms with Gasteiger partial charge in [0.25, 0.3) is 0 Å². The molecule has 0 aliphatic carbocycles. The van der Waals surface area contributed by atoms with E-state index in [0.29, 0.717) is 31.9 Å². The van der Waals surface area contributed by atoms with Crippen LogP contribution in [-0.4, -0.2) is 47.3 Å². The highest BCUT2D eigenvalue weighted by Gasteiger charge is 2.22. The lowest BCUT2D eigenvalue weighted by atomic mass is 10.1. The van der Waals surface area contributed by atoms with Crippen molar-refractivity contribution in [1.29, 1.82) is 0 Å². The highest BCUT2D eigenvalue weighted by atomic mass is 16.5. The third kappa shape index (κ3) is 3.90. The summed E-state index contributed by atoms with van der Waals surface area (Å²) in [5.74, 6) is 1.28. The third-order valence-corrected chi connectivity index (χ3v) is 4.11. The van der Waals surface area contributed by atoms with Gasteiger partial charge in [0.05, 0.1) is 32.3 Å². The predicted molar refractivity (Wildman–Crippen MR) is 92.4 cm³/mol. The molecule has 1 aliphatic rings. The van der Waals surface area contributed by atoms with Gasteiger partial charge in [-0.3, -0.25) is 14.8 Å². The summed E-state index contributed by atoms with van der Waals surface area (Å²) in [6.45, 7) is 1.68. The summed E-state index contributed by atoms with van der Waals surface area (Å²) >= 11 is 0. The van der Waals surface area contributed by atoms with Crippen LogP contribution in [0.1, 0.15) is 11.3 Å². The molecule has 25 heavy (non-hydrogen) atoms. The first-order chi connectivity index (χ1) is 12.1. The molecule has 2 N–H and O–H groups in total. The first-order valence-corrected chi connectivity index (χ1v) is 8.05. The van der Waals surface area contributed by atoms with E-state index in [1.54, 1.807) is 25.1 Å². The Labute approximate surface area is 145 Å². The second-order valence-corrected chi connectivity index (χ2v) is 5.79. The Hall–Kier alpha value is -3.03. The number of fused-ring (bicyclic) bond motifs is 1. The highest BCUT2D eigenvalue weighted by molar-refractivity contribution is 5.88. The molecule has 0 saturated carbocycles. The van der Waals surface area contributed by atoms with Gasteiger partial charge in [-0.05, 0) is 17.7 Å². The molecule has 0 fully saturated rings. The highest BCUT2D eigenvalue weighted by Crippen LogP contribution is 2.19. The number of carbonyl (C=O) groups is 2. The van der Waals surface area contributed by atoms with Crippen LogP contribution in [-0.2, 0) is 24.3 Å². The molecule has 0 spiro atoms. The minimum Gasteiger partial charge on any atom is -0.497 e. The average Bonchev–Trinajstić information content (AvgIpc) is 3.02. The smallest absolute Gasteiger partial charge is 0.320 e. The van der Waals surface area contributed by atoms with Crippen LogP contribution in [0.4, 0.5) is 10.6 Å². The lowest BCUT2D eigenvalue weighted by molar-refractivity contribution is -0.132. The minimum absolute atomic E-state index is 0.0570. The van der Waals surface area contributed by atoms with Gasteiger partial charge in [-0.25, -0.2) is 4.79 Å². The van der Waals surface area contributed by atoms with Gasteiger partial charge in [-0.1, -0.05) is 12.1 Å². The molecule has 0 saturated heterocycles. The van der Waals surface area contributed by atoms with Crippen LogP contribution in [0.15, 0.2) is 30.3 Å². The number of nitrogens with one attached hydrogen (secondary N) is 2. The summed E-state index contributed by atoms with van der Waals surface area (Å²) in [5, 5.41) is 9.46. The van der Waals surface area contributed by atoms with Crippen molar-refractivity contribution in [1.82, 2.24) is 20.0 Å². The molecule has 1 aliphatic heterocycles. The van der Waals surface area contributed by atoms with E-state index < -0.39 is 0 Å². The zero-order valence-electron chi connectivity index (χ0n) is 14.3. The molecule has 0 radical (unpaired) electrons. The van der Waals surface area contributed by atoms with Crippen LogP contribution in [0.5, 0.6) is 5.75 Å². The number of benzene rings is 1. The molecular weight excluding hydrogens is 322 g/mol. The van der Waals surface area contributed by atoms with Crippen LogP contribution in [0, 0.1) is 0 Å². The topological polar surface area (TPSA) is 88.5 Å². The van der Waals surface area contributed by atoms with Crippen LogP contribution < -0.4 is 15.4 Å². The molecular formula is C17H21N5O3. The monoisotopic (exact) mass is 343 g/mol. The normalized spacial score (nSPS) is 13.1. The van der Waals surface area contributed by atoms with E-state index in [1.165, 1.54) is 0 Å². The van der Waals surface area contributed by atoms with E-state index in [1.807, 2.05) is 28.9 Å². The molecule has 0 bridgehead atoms. The van der Waals surface area contributed by atoms with Gasteiger partial charge in [0, 0.05) is 19.7 Å². The Morgan fingerprint density at radius 3 is 2.88 bits per heavy atom. The first kappa shape index (κ1) is 16.8. The molecule has 132 valence electrons. The Bertz CT molecular complexity index is 786. The van der Waals surface area contributed by atoms with Crippen molar-refractivity contribution in [2.24, 2.45) is 0 Å². The Balaban J connectivity index is 1.65. The Kier molecular flexibility index (Phi) is 4.87. The van der Waals surface area contributed by atoms with Crippen molar-refractivity contribution in [2.75, 3.05) is 26.0 Å². The van der Waals surface area contributed by atoms with Crippen molar-refractivity contribution < 1.29 is 14.3 Å². The third-order valence-electron chi connectivity index (χ3n) is 4.11. The van der Waals surface area contributed by atoms with Crippen molar-refractivity contribution >= 4 is 17.8 Å². The fourth-order valence-corrected chi connectivity index (χ4v) is 2.79. The number of carbonyl (C=O) groups excluding carboxylic acids is 2. The lowest BCUT2D eigenvalue weighted by Crippen LogP contribution is -2.39. The van der Waals surface area contributed by atoms with Gasteiger partial charge in [0.15, 0.2) is 5.82 Å². The summed E-state index contributed by atoms with van der Waals surface area (Å²) < 4.78 is 7.02. The standard InChI is InChI=1S/C17H21N5O3/c1-18-17(24)19-15-10-13-11-21(6-7-22(13)20-15)16(23)9-12-4-3-5-14(8-12)25-2/h3-5,8,10H,6-7,9,11H2,1-2H3,(H2,18,19,20,24). The molecule has 8 nitrogen and oxygen atoms in total. The summed E-state index contributed by atoms with van der Waals surface area (Å²) in [5.41, 5.74) is 1.82. The molecule has 1 aromatic heterocycles. The van der Waals surface area contributed by atoms with Gasteiger partial charge < -0.3 is 15.0 Å². The van der Waals surface area contributed by atoms with E-state index in [4.69, 9.17) is 4.74 Å². The molecule has 1 aromatic carbocycles. The average molecular weight is 343 g/mol. The van der Waals surface area contributed by atoms with Crippen LogP contribution in [0.3, 0.4) is 0 Å². The maximum atomic E-state index is 12.6. The quantitative estimate of drug-likeness (QED) is 0.874. The fraction of sp³-hybridized carbons (Fsp3) is 0.353. The summed E-state index contributed by atoms with van der Waals surface area (Å²) in [7, 11) is 3.15. The largest absolute Gasteiger partial charge is 0.497 e. The van der Waals surface area contributed by atoms with Gasteiger partial charge in [-0.15, -0.1) is 0 Å². The van der Waals surface area contributed by atoms with Crippen molar-refractivity contribution in [3.05, 3.63) is 41.6 Å². The van der Waals surface area contributed by atoms with Gasteiger partial charge in [-0.2, -0.15) is 5.10 Å². The van der Waals surface area contributed by atoms with Gasteiger partial charge in [0.1, 0.15) is 5.75 Å². The Morgan fingerprint density at radius 2 is 2.12 bits per heavy atom. The second-order valence-electron chi connectivity index (χ2n) is 5.79. The minimum atomic E-state index is -0.318. The number of ether oxygens (including phenoxy) is 1. The molecule has 8 heteroatoms. The molecule has 0 unspecified atom stereocenters. The van der Waals surface area contributed by atoms with Crippen LogP contribution >= 0.6 is 0 Å². The number of aromatic nitrogens is 2. The molecule has 2 aromatic rings. The maximum absolute atomic E-state index is 12.6. The molecule has 0 atom stereocenters. The SMILES string of the molecule is CNC(=O)Nc1cc2n(n1)CCN(C(=O)Cc1cccc(OC)c1)C2. The predicted octanol–water partition coefficient (Wildman–Crippen LogP) is 1.23. The zero-order chi connectivity index (χ0) is 17.8. The number of urea groups is 1. The van der Waals surface area contributed by atoms with E-state index in [9.17, 15) is 9.59 Å². The molecule has 2 heterocycles. The summed E-state index contributed by atoms with van der Waals surface area (Å²) in [6.07, 6.45) is 0.328. The first-order valence-electron chi connectivity index (χ1n) is 8.05. The van der Waals surface area contributed by atoms with Gasteiger partial charge in [0.2, 0.25) is 5.91 Å². The van der Waals surface area contributed by atoms with E-state index in [2.05, 4.69) is 15.7 Å². The number of rotatable bonds is 4. The van der Waals surface area contributed by atoms with E-state index in [0.717, 1.165) is 17.0 Å². The molecule has 3 rings (SSSR count). The summed E-state index contributed by atoms with van der Waals surface area (Å²) in [6, 6.07) is 9.00. The Morgan fingerprint density at radius 1 is 1.28 bits per heavy atom. The number of amides is 3. The van der Waals surface area contributed by atoms with Crippen LogP contribution in [0.2, 0.25) is 0 Å². The maximum Gasteiger partial charge on any atom is 0.320 e. The lowest BCUT2D eigenvalue weighted by Gasteiger charge is -2.27. The van der Waals surface area contributed by atoms with Crippen LogP contribution in [0.25, 0.3) is 0 Å². The fourth-order valence-electron chi connectivity index (χ4n) is 2.79. The van der Waals surface area contributed by atoms with Crippen molar-refractivity contribution in [2.45, 2.75) is 19.5 Å². The second kappa shape index (κ2) is 7.25. The number of hydrogen-bond acceptors (Lipinski definition) is 4. The van der Waals surface area contributed by atoms with E-state index >= 15 is 0 Å². The number of methoxy groups -OCH3 is 1. The van der Waals surface area contributed by atoms with Gasteiger partial charge >= 0.3 is 6.03 Å². The molecule has 3 amide bonds. The van der Waals surface area contributed by atoms with E-state index in [-0.39, 0.29) is 11.9 Å². The number of hydrogen-bond donors (Lipinski definition) is 2. The van der Waals surface area contributed by atoms with Crippen molar-refractivity contribution in [3.8, 4) is 5.75 Å². The zero-order valence-corrected chi connectivity index (χ0v) is 14.3. The number of anilines is 1. The van der Waals surface area contributed by atoms with Crippen molar-refractivity contribution in [3.63, 3.8) is 0 Å². The number of nitrogens with zero attached hydrogens (tertiary/aromatic N) is 3. The summed E-state index contributed by atoms with van der Waals surface area (Å²) in [4.78, 5) is 25.8.